The van der Waals surface area contributed by atoms with Crippen LogP contribution >= 0.6 is 22.7 Å². The molecule has 4 heteroatoms. The minimum atomic E-state index is 0.684. The lowest BCUT2D eigenvalue weighted by atomic mass is 9.95. The summed E-state index contributed by atoms with van der Waals surface area (Å²) in [6, 6.07) is 59.3. The van der Waals surface area contributed by atoms with Crippen LogP contribution in [0.5, 0.6) is 0 Å². The molecule has 0 bridgehead atoms. The van der Waals surface area contributed by atoms with Crippen molar-refractivity contribution in [2.75, 3.05) is 0 Å². The van der Waals surface area contributed by atoms with Crippen molar-refractivity contribution in [3.05, 3.63) is 187 Å². The minimum absolute atomic E-state index is 0.684. The van der Waals surface area contributed by atoms with Crippen molar-refractivity contribution >= 4 is 107 Å². The monoisotopic (exact) mass is 724 g/mol. The Kier molecular flexibility index (Phi) is 7.00. The molecule has 0 aliphatic rings. The smallest absolute Gasteiger partial charge is 0.131 e. The van der Waals surface area contributed by atoms with Crippen molar-refractivity contribution in [3.63, 3.8) is 0 Å². The van der Waals surface area contributed by atoms with E-state index in [9.17, 15) is 0 Å². The molecule has 0 saturated carbocycles. The Morgan fingerprint density at radius 3 is 1.91 bits per heavy atom. The number of thiophene rings is 2. The lowest BCUT2D eigenvalue weighted by Crippen LogP contribution is -2.07. The molecule has 254 valence electrons. The van der Waals surface area contributed by atoms with E-state index in [0.717, 1.165) is 27.9 Å². The first-order valence-corrected chi connectivity index (χ1v) is 19.9. The normalized spacial score (nSPS) is 12.4. The van der Waals surface area contributed by atoms with Crippen LogP contribution in [0.2, 0.25) is 0 Å². The highest BCUT2D eigenvalue weighted by Crippen LogP contribution is 2.44. The first-order valence-electron chi connectivity index (χ1n) is 18.2. The lowest BCUT2D eigenvalue weighted by molar-refractivity contribution is 1.19. The highest BCUT2D eigenvalue weighted by molar-refractivity contribution is 7.27. The van der Waals surface area contributed by atoms with Crippen LogP contribution in [-0.2, 0) is 0 Å². The highest BCUT2D eigenvalue weighted by atomic mass is 32.1. The van der Waals surface area contributed by atoms with Gasteiger partial charge < -0.3 is 0 Å². The highest BCUT2D eigenvalue weighted by Gasteiger charge is 2.20. The molecule has 0 aliphatic carbocycles. The van der Waals surface area contributed by atoms with Gasteiger partial charge in [0.15, 0.2) is 0 Å². The fourth-order valence-electron chi connectivity index (χ4n) is 8.39. The maximum absolute atomic E-state index is 5.52. The summed E-state index contributed by atoms with van der Waals surface area (Å²) in [4.78, 5) is 5.52. The fraction of sp³-hybridized carbons (Fsp3) is 0.0200. The van der Waals surface area contributed by atoms with Gasteiger partial charge in [-0.05, 0) is 47.2 Å². The van der Waals surface area contributed by atoms with Crippen LogP contribution in [0.25, 0.3) is 89.9 Å². The predicted molar refractivity (Wildman–Crippen MR) is 237 cm³/mol. The number of rotatable bonds is 5. The summed E-state index contributed by atoms with van der Waals surface area (Å²) in [5.41, 5.74) is 8.92. The van der Waals surface area contributed by atoms with E-state index < -0.39 is 0 Å². The van der Waals surface area contributed by atoms with Crippen LogP contribution in [0.3, 0.4) is 0 Å². The number of aliphatic imine (C=N–C) groups is 1. The molecular formula is C50H32N2S2. The van der Waals surface area contributed by atoms with Crippen molar-refractivity contribution in [3.8, 4) is 11.1 Å². The van der Waals surface area contributed by atoms with E-state index in [1.54, 1.807) is 0 Å². The molecule has 0 fully saturated rings. The standard InChI is InChI=1S/C50H32N2S2/c1-30-12-3-4-13-35(30)47(34-24-22-32(23-25-34)36-17-11-18-41-38-15-6-9-20-44(38)53-49(36)41)51-31(2)52-43-19-8-5-14-37(43)40-28-26-33-27-29-42-39-16-7-10-21-45(39)54-50(42)46(33)48(40)52/h3-29H,2H2,1H3/b51-47-. The molecule has 11 aromatic rings. The Hall–Kier alpha value is -6.33. The SMILES string of the molecule is C=C(/N=C(/c1ccc(-c2cccc3c2sc2ccccc23)cc1)c1ccccc1C)n1c2ccccc2c2ccc3ccc4c5ccccc5sc4c3c21. The van der Waals surface area contributed by atoms with Crippen molar-refractivity contribution in [1.82, 2.24) is 4.57 Å². The van der Waals surface area contributed by atoms with Gasteiger partial charge in [0.25, 0.3) is 0 Å². The van der Waals surface area contributed by atoms with Crippen LogP contribution < -0.4 is 0 Å². The number of aromatic nitrogens is 1. The third kappa shape index (κ3) is 4.67. The Morgan fingerprint density at radius 2 is 1.15 bits per heavy atom. The molecule has 0 amide bonds. The molecule has 0 spiro atoms. The van der Waals surface area contributed by atoms with Gasteiger partial charge in [0.05, 0.1) is 16.7 Å². The van der Waals surface area contributed by atoms with E-state index >= 15 is 0 Å². The van der Waals surface area contributed by atoms with Crippen LogP contribution in [0, 0.1) is 6.92 Å². The molecule has 54 heavy (non-hydrogen) atoms. The van der Waals surface area contributed by atoms with Crippen LogP contribution in [0.4, 0.5) is 0 Å². The number of hydrogen-bond donors (Lipinski definition) is 0. The average Bonchev–Trinajstić information content (AvgIpc) is 3.90. The van der Waals surface area contributed by atoms with Gasteiger partial charge >= 0.3 is 0 Å². The van der Waals surface area contributed by atoms with E-state index in [1.165, 1.54) is 78.6 Å². The maximum Gasteiger partial charge on any atom is 0.131 e. The van der Waals surface area contributed by atoms with Crippen molar-refractivity contribution < 1.29 is 0 Å². The summed E-state index contributed by atoms with van der Waals surface area (Å²) < 4.78 is 7.52. The third-order valence-electron chi connectivity index (χ3n) is 10.9. The Labute approximate surface area is 320 Å². The van der Waals surface area contributed by atoms with Gasteiger partial charge in [-0.2, -0.15) is 0 Å². The van der Waals surface area contributed by atoms with Gasteiger partial charge in [-0.25, -0.2) is 4.99 Å². The van der Waals surface area contributed by atoms with Gasteiger partial charge in [0.2, 0.25) is 0 Å². The van der Waals surface area contributed by atoms with Gasteiger partial charge in [0.1, 0.15) is 5.82 Å². The molecule has 11 rings (SSSR count). The largest absolute Gasteiger partial charge is 0.294 e. The Bertz CT molecular complexity index is 3350. The van der Waals surface area contributed by atoms with Crippen molar-refractivity contribution in [2.45, 2.75) is 6.92 Å². The molecule has 0 atom stereocenters. The molecule has 0 unspecified atom stereocenters. The first-order chi connectivity index (χ1) is 26.6. The third-order valence-corrected chi connectivity index (χ3v) is 13.4. The van der Waals surface area contributed by atoms with Crippen LogP contribution in [0.1, 0.15) is 16.7 Å². The minimum Gasteiger partial charge on any atom is -0.294 e. The number of fused-ring (bicyclic) bond motifs is 12. The quantitative estimate of drug-likeness (QED) is 0.157. The number of benzene rings is 8. The van der Waals surface area contributed by atoms with Gasteiger partial charge in [0, 0.05) is 67.6 Å². The second-order valence-corrected chi connectivity index (χ2v) is 16.1. The summed E-state index contributed by atoms with van der Waals surface area (Å²) in [6.07, 6.45) is 0. The summed E-state index contributed by atoms with van der Waals surface area (Å²) in [7, 11) is 0. The lowest BCUT2D eigenvalue weighted by Gasteiger charge is -2.15. The van der Waals surface area contributed by atoms with E-state index in [2.05, 4.69) is 175 Å². The topological polar surface area (TPSA) is 17.3 Å². The zero-order valence-electron chi connectivity index (χ0n) is 29.5. The Balaban J connectivity index is 1.13. The second kappa shape index (κ2) is 12.1. The number of aryl methyl sites for hydroxylation is 1. The average molecular weight is 725 g/mol. The van der Waals surface area contributed by atoms with E-state index in [-0.39, 0.29) is 0 Å². The van der Waals surface area contributed by atoms with E-state index in [4.69, 9.17) is 11.6 Å². The molecule has 3 aromatic heterocycles. The summed E-state index contributed by atoms with van der Waals surface area (Å²) >= 11 is 3.73. The van der Waals surface area contributed by atoms with Crippen LogP contribution in [-0.4, -0.2) is 10.3 Å². The van der Waals surface area contributed by atoms with E-state index in [0.29, 0.717) is 5.82 Å². The summed E-state index contributed by atoms with van der Waals surface area (Å²) in [5, 5.41) is 10.1. The molecule has 2 nitrogen and oxygen atoms in total. The zero-order valence-corrected chi connectivity index (χ0v) is 31.1. The van der Waals surface area contributed by atoms with Crippen molar-refractivity contribution in [1.29, 1.82) is 0 Å². The molecular weight excluding hydrogens is 693 g/mol. The maximum atomic E-state index is 5.52. The van der Waals surface area contributed by atoms with Gasteiger partial charge in [-0.3, -0.25) is 4.57 Å². The number of hydrogen-bond acceptors (Lipinski definition) is 3. The van der Waals surface area contributed by atoms with Crippen molar-refractivity contribution in [2.24, 2.45) is 4.99 Å². The molecule has 3 heterocycles. The molecule has 0 aliphatic heterocycles. The fourth-order valence-corrected chi connectivity index (χ4v) is 10.9. The van der Waals surface area contributed by atoms with Gasteiger partial charge in [-0.15, -0.1) is 22.7 Å². The van der Waals surface area contributed by atoms with Gasteiger partial charge in [-0.1, -0.05) is 152 Å². The molecule has 0 radical (unpaired) electrons. The predicted octanol–water partition coefficient (Wildman–Crippen LogP) is 14.6. The second-order valence-electron chi connectivity index (χ2n) is 14.0. The Morgan fingerprint density at radius 1 is 0.537 bits per heavy atom. The zero-order chi connectivity index (χ0) is 35.9. The number of para-hydroxylation sites is 1. The summed E-state index contributed by atoms with van der Waals surface area (Å²) in [6.45, 7) is 6.91. The summed E-state index contributed by atoms with van der Waals surface area (Å²) in [5.74, 6) is 0.684. The first kappa shape index (κ1) is 31.2. The number of nitrogens with zero attached hydrogens (tertiary/aromatic N) is 2. The van der Waals surface area contributed by atoms with Crippen LogP contribution in [0.15, 0.2) is 175 Å². The molecule has 0 saturated heterocycles. The molecule has 0 N–H and O–H groups in total. The van der Waals surface area contributed by atoms with E-state index in [1.807, 2.05) is 22.7 Å². The molecule has 8 aromatic carbocycles.